The van der Waals surface area contributed by atoms with Crippen LogP contribution in [0.3, 0.4) is 0 Å². The summed E-state index contributed by atoms with van der Waals surface area (Å²) in [5, 5.41) is 9.01. The lowest BCUT2D eigenvalue weighted by Crippen LogP contribution is -2.57. The molecule has 3 saturated heterocycles. The molecule has 3 aromatic rings. The Morgan fingerprint density at radius 3 is 2.81 bits per heavy atom. The summed E-state index contributed by atoms with van der Waals surface area (Å²) >= 11 is 0. The van der Waals surface area contributed by atoms with Crippen molar-refractivity contribution in [2.45, 2.75) is 25.4 Å². The number of ether oxygens (including phenoxy) is 2. The van der Waals surface area contributed by atoms with Crippen molar-refractivity contribution in [3.05, 3.63) is 48.2 Å². The molecule has 5 heterocycles. The molecule has 3 fully saturated rings. The molecule has 0 saturated carbocycles. The maximum absolute atomic E-state index is 6.10. The summed E-state index contributed by atoms with van der Waals surface area (Å²) < 4.78 is 17.1. The van der Waals surface area contributed by atoms with E-state index in [0.29, 0.717) is 12.0 Å². The Balaban J connectivity index is 0.919. The minimum atomic E-state index is 0.541. The Hall–Kier alpha value is -2.72. The van der Waals surface area contributed by atoms with Crippen LogP contribution in [0.4, 0.5) is 5.82 Å². The molecule has 0 spiro atoms. The number of rotatable bonds is 9. The number of piperazine rings is 1. The van der Waals surface area contributed by atoms with Crippen molar-refractivity contribution < 1.29 is 14.0 Å². The SMILES string of the molecule is c1ccc2c(N3CCN4C[C@H](COc5ccc(CNCCN6CCOCC6)cn5)CC[C@H]4C3)noc2c1. The number of morpholine rings is 1. The topological polar surface area (TPSA) is 79.1 Å². The van der Waals surface area contributed by atoms with Crippen LogP contribution in [0.25, 0.3) is 11.0 Å². The van der Waals surface area contributed by atoms with E-state index >= 15 is 0 Å². The number of nitrogens with zero attached hydrogens (tertiary/aromatic N) is 5. The first kappa shape index (κ1) is 24.6. The van der Waals surface area contributed by atoms with Gasteiger partial charge in [0.15, 0.2) is 11.4 Å². The average molecular weight is 507 g/mol. The predicted octanol–water partition coefficient (Wildman–Crippen LogP) is 2.62. The second-order valence-corrected chi connectivity index (χ2v) is 10.5. The normalized spacial score (nSPS) is 23.3. The molecule has 1 aromatic carbocycles. The van der Waals surface area contributed by atoms with E-state index in [1.54, 1.807) is 0 Å². The largest absolute Gasteiger partial charge is 0.477 e. The molecular weight excluding hydrogens is 468 g/mol. The molecule has 2 aromatic heterocycles. The van der Waals surface area contributed by atoms with E-state index in [1.165, 1.54) is 18.4 Å². The van der Waals surface area contributed by atoms with Gasteiger partial charge in [-0.3, -0.25) is 9.80 Å². The van der Waals surface area contributed by atoms with Crippen LogP contribution in [-0.2, 0) is 11.3 Å². The van der Waals surface area contributed by atoms with Gasteiger partial charge in [0.1, 0.15) is 0 Å². The number of aromatic nitrogens is 2. The van der Waals surface area contributed by atoms with Gasteiger partial charge in [0.25, 0.3) is 0 Å². The molecule has 6 rings (SSSR count). The van der Waals surface area contributed by atoms with Crippen molar-refractivity contribution in [3.63, 3.8) is 0 Å². The third-order valence-corrected chi connectivity index (χ3v) is 7.97. The van der Waals surface area contributed by atoms with Crippen molar-refractivity contribution in [1.82, 2.24) is 25.3 Å². The zero-order valence-electron chi connectivity index (χ0n) is 21.6. The van der Waals surface area contributed by atoms with Gasteiger partial charge in [-0.25, -0.2) is 4.98 Å². The van der Waals surface area contributed by atoms with Crippen LogP contribution in [0.2, 0.25) is 0 Å². The van der Waals surface area contributed by atoms with Gasteiger partial charge in [0.2, 0.25) is 5.88 Å². The first-order valence-corrected chi connectivity index (χ1v) is 13.7. The van der Waals surface area contributed by atoms with Crippen molar-refractivity contribution in [3.8, 4) is 5.88 Å². The summed E-state index contributed by atoms with van der Waals surface area (Å²) in [6, 6.07) is 12.8. The number of anilines is 1. The Labute approximate surface area is 218 Å². The summed E-state index contributed by atoms with van der Waals surface area (Å²) in [7, 11) is 0. The summed E-state index contributed by atoms with van der Waals surface area (Å²) in [6.07, 6.45) is 4.29. The lowest BCUT2D eigenvalue weighted by Gasteiger charge is -2.46. The molecule has 0 bridgehead atoms. The molecule has 9 heteroatoms. The highest BCUT2D eigenvalue weighted by Gasteiger charge is 2.34. The van der Waals surface area contributed by atoms with Crippen LogP contribution >= 0.6 is 0 Å². The number of hydrogen-bond acceptors (Lipinski definition) is 9. The van der Waals surface area contributed by atoms with E-state index in [1.807, 2.05) is 24.4 Å². The smallest absolute Gasteiger partial charge is 0.213 e. The molecule has 0 unspecified atom stereocenters. The molecule has 1 N–H and O–H groups in total. The Morgan fingerprint density at radius 2 is 1.92 bits per heavy atom. The first-order chi connectivity index (χ1) is 18.3. The van der Waals surface area contributed by atoms with E-state index in [9.17, 15) is 0 Å². The number of pyridine rings is 1. The van der Waals surface area contributed by atoms with Gasteiger partial charge < -0.3 is 24.2 Å². The fourth-order valence-corrected chi connectivity index (χ4v) is 5.79. The zero-order chi connectivity index (χ0) is 24.9. The number of benzene rings is 1. The van der Waals surface area contributed by atoms with Gasteiger partial charge in [-0.05, 0) is 30.5 Å². The minimum Gasteiger partial charge on any atom is -0.477 e. The van der Waals surface area contributed by atoms with E-state index < -0.39 is 0 Å². The van der Waals surface area contributed by atoms with Gasteiger partial charge in [-0.1, -0.05) is 23.4 Å². The average Bonchev–Trinajstić information content (AvgIpc) is 3.39. The van der Waals surface area contributed by atoms with Crippen LogP contribution < -0.4 is 15.0 Å². The third-order valence-electron chi connectivity index (χ3n) is 7.97. The molecule has 2 atom stereocenters. The quantitative estimate of drug-likeness (QED) is 0.441. The maximum Gasteiger partial charge on any atom is 0.213 e. The summed E-state index contributed by atoms with van der Waals surface area (Å²) in [4.78, 5) is 12.0. The molecule has 0 radical (unpaired) electrons. The van der Waals surface area contributed by atoms with Crippen molar-refractivity contribution in [2.24, 2.45) is 5.92 Å². The second-order valence-electron chi connectivity index (χ2n) is 10.5. The maximum atomic E-state index is 6.10. The number of para-hydroxylation sites is 1. The van der Waals surface area contributed by atoms with Crippen molar-refractivity contribution in [1.29, 1.82) is 0 Å². The molecule has 0 amide bonds. The first-order valence-electron chi connectivity index (χ1n) is 13.7. The van der Waals surface area contributed by atoms with Gasteiger partial charge in [-0.15, -0.1) is 0 Å². The number of nitrogens with one attached hydrogen (secondary N) is 1. The molecule has 3 aliphatic heterocycles. The van der Waals surface area contributed by atoms with E-state index in [2.05, 4.69) is 48.4 Å². The predicted molar refractivity (Wildman–Crippen MR) is 143 cm³/mol. The van der Waals surface area contributed by atoms with E-state index in [0.717, 1.165) is 101 Å². The van der Waals surface area contributed by atoms with Crippen LogP contribution in [0, 0.1) is 5.92 Å². The van der Waals surface area contributed by atoms with E-state index in [-0.39, 0.29) is 0 Å². The highest BCUT2D eigenvalue weighted by molar-refractivity contribution is 5.88. The zero-order valence-corrected chi connectivity index (χ0v) is 21.6. The van der Waals surface area contributed by atoms with Crippen LogP contribution in [-0.4, -0.2) is 98.2 Å². The van der Waals surface area contributed by atoms with E-state index in [4.69, 9.17) is 14.0 Å². The summed E-state index contributed by atoms with van der Waals surface area (Å²) in [5.74, 6) is 2.25. The van der Waals surface area contributed by atoms with Crippen LogP contribution in [0.1, 0.15) is 18.4 Å². The standard InChI is InChI=1S/C28H38N6O3/c1-2-4-26-25(3-1)28(31-37-26)34-12-11-33-19-23(5-7-24(33)20-34)21-36-27-8-6-22(18-30-27)17-29-9-10-32-13-15-35-16-14-32/h1-4,6,8,18,23-24,29H,5,7,9-17,19-21H2/t23-,24+/m1/s1. The Morgan fingerprint density at radius 1 is 1.00 bits per heavy atom. The monoisotopic (exact) mass is 506 g/mol. The van der Waals surface area contributed by atoms with Gasteiger partial charge >= 0.3 is 0 Å². The highest BCUT2D eigenvalue weighted by Crippen LogP contribution is 2.31. The summed E-state index contributed by atoms with van der Waals surface area (Å²) in [6.45, 7) is 11.5. The number of fused-ring (bicyclic) bond motifs is 2. The van der Waals surface area contributed by atoms with Gasteiger partial charge in [0.05, 0.1) is 25.2 Å². The molecule has 9 nitrogen and oxygen atoms in total. The lowest BCUT2D eigenvalue weighted by atomic mass is 9.91. The molecular formula is C28H38N6O3. The Kier molecular flexibility index (Phi) is 7.83. The fraction of sp³-hybridized carbons (Fsp3) is 0.571. The van der Waals surface area contributed by atoms with Crippen molar-refractivity contribution in [2.75, 3.05) is 77.1 Å². The lowest BCUT2D eigenvalue weighted by molar-refractivity contribution is 0.0384. The van der Waals surface area contributed by atoms with Crippen LogP contribution in [0.5, 0.6) is 5.88 Å². The number of piperidine rings is 1. The summed E-state index contributed by atoms with van der Waals surface area (Å²) in [5.41, 5.74) is 2.05. The Bertz CT molecular complexity index is 1130. The van der Waals surface area contributed by atoms with Crippen molar-refractivity contribution >= 4 is 16.8 Å². The molecule has 0 aliphatic carbocycles. The second kappa shape index (κ2) is 11.8. The molecule has 37 heavy (non-hydrogen) atoms. The third kappa shape index (κ3) is 6.06. The van der Waals surface area contributed by atoms with Gasteiger partial charge in [0, 0.05) is 83.1 Å². The molecule has 3 aliphatic rings. The number of hydrogen-bond donors (Lipinski definition) is 1. The van der Waals surface area contributed by atoms with Crippen LogP contribution in [0.15, 0.2) is 47.1 Å². The van der Waals surface area contributed by atoms with Gasteiger partial charge in [-0.2, -0.15) is 0 Å². The minimum absolute atomic E-state index is 0.541. The fourth-order valence-electron chi connectivity index (χ4n) is 5.79. The highest BCUT2D eigenvalue weighted by atomic mass is 16.5. The molecule has 198 valence electrons.